The summed E-state index contributed by atoms with van der Waals surface area (Å²) in [4.78, 5) is 54.0. The smallest absolute Gasteiger partial charge is 0.342 e. The number of ether oxygens (including phenoxy) is 3. The fourth-order valence-corrected chi connectivity index (χ4v) is 5.69. The minimum atomic E-state index is -4.33. The summed E-state index contributed by atoms with van der Waals surface area (Å²) in [7, 11) is -4.33. The van der Waals surface area contributed by atoms with E-state index in [0.717, 1.165) is 16.8 Å². The van der Waals surface area contributed by atoms with E-state index in [0.29, 0.717) is 0 Å². The molecule has 0 bridgehead atoms. The first-order valence-corrected chi connectivity index (χ1v) is 14.7. The average molecular weight is 618 g/mol. The maximum absolute atomic E-state index is 14.0. The zero-order chi connectivity index (χ0) is 32.3. The van der Waals surface area contributed by atoms with E-state index >= 15 is 0 Å². The van der Waals surface area contributed by atoms with Gasteiger partial charge < -0.3 is 23.8 Å². The van der Waals surface area contributed by atoms with Crippen LogP contribution in [0.2, 0.25) is 0 Å². The van der Waals surface area contributed by atoms with Gasteiger partial charge in [-0.25, -0.2) is 15.0 Å². The Morgan fingerprint density at radius 1 is 1.17 bits per heavy atom. The second-order valence-corrected chi connectivity index (χ2v) is 13.9. The Hall–Kier alpha value is -3.04. The van der Waals surface area contributed by atoms with Crippen LogP contribution in [0.1, 0.15) is 68.5 Å². The molecule has 1 aromatic rings. The van der Waals surface area contributed by atoms with E-state index in [-0.39, 0.29) is 0 Å². The van der Waals surface area contributed by atoms with Gasteiger partial charge in [-0.1, -0.05) is 5.11 Å². The summed E-state index contributed by atoms with van der Waals surface area (Å²) in [5, 5.41) is 19.8. The predicted octanol–water partition coefficient (Wildman–Crippen LogP) is 1.63. The van der Waals surface area contributed by atoms with Crippen LogP contribution in [0.5, 0.6) is 0 Å². The molecule has 0 spiro atoms. The van der Waals surface area contributed by atoms with Crippen molar-refractivity contribution in [3.8, 4) is 0 Å². The summed E-state index contributed by atoms with van der Waals surface area (Å²) >= 11 is 0. The number of aliphatic hydroxyl groups excluding tert-OH is 1. The monoisotopic (exact) mass is 617 g/mol. The molecule has 0 amide bonds. The third-order valence-electron chi connectivity index (χ3n) is 5.79. The molecule has 4 N–H and O–H groups in total. The summed E-state index contributed by atoms with van der Waals surface area (Å²) in [5.74, 6) is -1.52. The molecule has 1 aliphatic rings. The van der Waals surface area contributed by atoms with Gasteiger partial charge in [0.2, 0.25) is 0 Å². The highest BCUT2D eigenvalue weighted by molar-refractivity contribution is 7.54. The number of nitrogens with one attached hydrogen (secondary N) is 3. The number of aliphatic hydroxyl groups is 1. The number of aromatic nitrogens is 2. The van der Waals surface area contributed by atoms with Gasteiger partial charge in [-0.3, -0.25) is 28.5 Å². The van der Waals surface area contributed by atoms with Crippen molar-refractivity contribution < 1.29 is 38.0 Å². The molecule has 0 aromatic carbocycles. The molecule has 236 valence electrons. The lowest BCUT2D eigenvalue weighted by Gasteiger charge is -2.30. The zero-order valence-electron chi connectivity index (χ0n) is 25.1. The highest BCUT2D eigenvalue weighted by Crippen LogP contribution is 2.44. The van der Waals surface area contributed by atoms with Crippen LogP contribution < -0.4 is 21.4 Å². The Bertz CT molecular complexity index is 1320. The fourth-order valence-electron chi connectivity index (χ4n) is 3.88. The number of carbonyl (C=O) groups is 2. The molecule has 0 radical (unpaired) electrons. The molecule has 18 heteroatoms. The van der Waals surface area contributed by atoms with Crippen LogP contribution >= 0.6 is 7.67 Å². The molecule has 1 aromatic heterocycles. The van der Waals surface area contributed by atoms with Gasteiger partial charge in [0, 0.05) is 17.2 Å². The van der Waals surface area contributed by atoms with Crippen molar-refractivity contribution in [1.29, 1.82) is 0 Å². The second kappa shape index (κ2) is 13.1. The first-order valence-electron chi connectivity index (χ1n) is 13.1. The Morgan fingerprint density at radius 3 is 2.10 bits per heavy atom. The molecular formula is C24H40N7O10P. The van der Waals surface area contributed by atoms with E-state index in [1.807, 2.05) is 4.98 Å². The van der Waals surface area contributed by atoms with Crippen molar-refractivity contribution in [3.63, 3.8) is 0 Å². The van der Waals surface area contributed by atoms with E-state index in [9.17, 15) is 28.8 Å². The molecule has 0 aliphatic carbocycles. The third-order valence-corrected chi connectivity index (χ3v) is 7.75. The van der Waals surface area contributed by atoms with Crippen molar-refractivity contribution in [1.82, 2.24) is 19.7 Å². The van der Waals surface area contributed by atoms with Crippen LogP contribution in [0.3, 0.4) is 0 Å². The fraction of sp³-hybridized carbons (Fsp3) is 0.750. The number of nitrogens with zero attached hydrogens (tertiary/aromatic N) is 4. The molecular weight excluding hydrogens is 577 g/mol. The third kappa shape index (κ3) is 9.23. The predicted molar refractivity (Wildman–Crippen MR) is 149 cm³/mol. The standard InChI is InChI=1S/C24H40N7O10P/c1-13(18(34)40-22(3,4)5)27-42(37,28-14(2)19(35)41-23(6,7)8)38-12-15-17(33)24(9,29-30-25)20(39-15)31-11-10-16(32)26-21(31)36/h10-11,13-15,17,20,33H,12H2,1-9H3,(H,26,32,36)(H2,27,28,37)/t13-,14+,15-,17-,20-,24-,42?/m1/s1. The van der Waals surface area contributed by atoms with Crippen molar-refractivity contribution in [2.45, 2.75) is 110 Å². The lowest BCUT2D eigenvalue weighted by Crippen LogP contribution is -2.46. The van der Waals surface area contributed by atoms with Gasteiger partial charge >= 0.3 is 25.3 Å². The number of carbonyl (C=O) groups excluding carboxylic acids is 2. The summed E-state index contributed by atoms with van der Waals surface area (Å²) in [6, 6.07) is -1.34. The number of hydrogen-bond acceptors (Lipinski definition) is 11. The number of H-pyrrole nitrogens is 1. The average Bonchev–Trinajstić information content (AvgIpc) is 3.05. The Kier molecular flexibility index (Phi) is 11.0. The van der Waals surface area contributed by atoms with Crippen molar-refractivity contribution in [2.24, 2.45) is 5.11 Å². The van der Waals surface area contributed by atoms with Gasteiger partial charge in [0.05, 0.1) is 12.7 Å². The topological polar surface area (TPSA) is 236 Å². The number of rotatable bonds is 11. The highest BCUT2D eigenvalue weighted by Gasteiger charge is 2.54. The minimum Gasteiger partial charge on any atom is -0.459 e. The molecule has 42 heavy (non-hydrogen) atoms. The largest absolute Gasteiger partial charge is 0.459 e. The summed E-state index contributed by atoms with van der Waals surface area (Å²) in [5.41, 5.74) is 4.11. The van der Waals surface area contributed by atoms with Crippen molar-refractivity contribution in [3.05, 3.63) is 43.5 Å². The molecule has 0 saturated carbocycles. The van der Waals surface area contributed by atoms with Crippen LogP contribution in [0.4, 0.5) is 0 Å². The lowest BCUT2D eigenvalue weighted by atomic mass is 9.93. The Balaban J connectivity index is 2.37. The van der Waals surface area contributed by atoms with Gasteiger partial charge in [-0.15, -0.1) is 0 Å². The van der Waals surface area contributed by atoms with E-state index in [2.05, 4.69) is 20.2 Å². The van der Waals surface area contributed by atoms with Gasteiger partial charge in [0.25, 0.3) is 5.56 Å². The molecule has 1 unspecified atom stereocenters. The molecule has 2 heterocycles. The molecule has 1 aliphatic heterocycles. The molecule has 1 saturated heterocycles. The summed E-state index contributed by atoms with van der Waals surface area (Å²) in [6.45, 7) is 13.4. The molecule has 7 atom stereocenters. The van der Waals surface area contributed by atoms with Crippen LogP contribution in [-0.4, -0.2) is 74.2 Å². The quantitative estimate of drug-likeness (QED) is 0.0911. The van der Waals surface area contributed by atoms with E-state index in [1.54, 1.807) is 41.5 Å². The summed E-state index contributed by atoms with van der Waals surface area (Å²) in [6.07, 6.45) is -3.23. The van der Waals surface area contributed by atoms with Crippen LogP contribution in [0.25, 0.3) is 10.4 Å². The Labute approximate surface area is 242 Å². The lowest BCUT2D eigenvalue weighted by molar-refractivity contribution is -0.157. The van der Waals surface area contributed by atoms with Crippen LogP contribution in [0, 0.1) is 0 Å². The maximum Gasteiger partial charge on any atom is 0.342 e. The number of aromatic amines is 1. The zero-order valence-corrected chi connectivity index (χ0v) is 26.0. The second-order valence-electron chi connectivity index (χ2n) is 12.0. The maximum atomic E-state index is 14.0. The van der Waals surface area contributed by atoms with E-state index < -0.39 is 84.7 Å². The number of esters is 2. The van der Waals surface area contributed by atoms with Crippen molar-refractivity contribution >= 4 is 19.6 Å². The first kappa shape index (κ1) is 35.2. The van der Waals surface area contributed by atoms with E-state index in [1.165, 1.54) is 20.8 Å². The highest BCUT2D eigenvalue weighted by atomic mass is 31.2. The van der Waals surface area contributed by atoms with Crippen LogP contribution in [0.15, 0.2) is 27.0 Å². The van der Waals surface area contributed by atoms with Crippen molar-refractivity contribution in [2.75, 3.05) is 6.61 Å². The van der Waals surface area contributed by atoms with Gasteiger partial charge in [-0.05, 0) is 67.8 Å². The molecule has 2 rings (SSSR count). The van der Waals surface area contributed by atoms with Gasteiger partial charge in [0.1, 0.15) is 34.9 Å². The Morgan fingerprint density at radius 2 is 1.67 bits per heavy atom. The summed E-state index contributed by atoms with van der Waals surface area (Å²) < 4.78 is 37.0. The van der Waals surface area contributed by atoms with Gasteiger partial charge in [0.15, 0.2) is 6.23 Å². The van der Waals surface area contributed by atoms with Crippen LogP contribution in [-0.2, 0) is 32.9 Å². The SMILES string of the molecule is C[C@H](NP(=O)(N[C@H](C)C(=O)OC(C)(C)C)OC[C@H]1O[C@@H](n2ccc(=O)[nH]c2=O)[C@](C)(N=[N+]=[N-])[C@@H]1O)C(=O)OC(C)(C)C. The minimum absolute atomic E-state index is 0.633. The molecule has 1 fully saturated rings. The first-order chi connectivity index (χ1) is 19.1. The molecule has 17 nitrogen and oxygen atoms in total. The van der Waals surface area contributed by atoms with Gasteiger partial charge in [-0.2, -0.15) is 0 Å². The number of azide groups is 1. The normalized spacial score (nSPS) is 25.5. The van der Waals surface area contributed by atoms with E-state index in [4.69, 9.17) is 24.3 Å². The number of hydrogen-bond donors (Lipinski definition) is 4.